The second kappa shape index (κ2) is 23.1. The van der Waals surface area contributed by atoms with Gasteiger partial charge in [0.1, 0.15) is 0 Å². The van der Waals surface area contributed by atoms with Crippen molar-refractivity contribution < 1.29 is 19.5 Å². The fraction of sp³-hybridized carbons (Fsp3) is 0.467. The van der Waals surface area contributed by atoms with Gasteiger partial charge in [-0.2, -0.15) is 0 Å². The quantitative estimate of drug-likeness (QED) is 0.131. The predicted octanol–water partition coefficient (Wildman–Crippen LogP) is 18.1. The third-order valence-electron chi connectivity index (χ3n) is 13.6. The van der Waals surface area contributed by atoms with Crippen LogP contribution in [0.15, 0.2) is 121 Å². The average Bonchev–Trinajstić information content (AvgIpc) is 3.23. The molecule has 0 aliphatic carbocycles. The fourth-order valence-corrected chi connectivity index (χ4v) is 15.1. The second-order valence-electron chi connectivity index (χ2n) is 21.4. The summed E-state index contributed by atoms with van der Waals surface area (Å²) in [6.45, 7) is 55.5. The monoisotopic (exact) mass is 983 g/mol. The number of benzene rings is 4. The Morgan fingerprint density at radius 1 is 0.328 bits per heavy atom. The van der Waals surface area contributed by atoms with Crippen molar-refractivity contribution in [2.75, 3.05) is 18.3 Å². The minimum Gasteiger partial charge on any atom is -0.353 e. The summed E-state index contributed by atoms with van der Waals surface area (Å²) in [5.74, 6) is 3.69. The molecule has 4 aromatic rings. The largest absolute Gasteiger partial charge is 0.353 e. The molecule has 0 amide bonds. The number of hydrogen-bond acceptors (Lipinski definition) is 4. The average molecular weight is 985 g/mol. The summed E-state index contributed by atoms with van der Waals surface area (Å²) >= 11 is 0. The van der Waals surface area contributed by atoms with Crippen LogP contribution in [-0.4, -0.2) is 18.2 Å². The van der Waals surface area contributed by atoms with Crippen LogP contribution in [0.3, 0.4) is 0 Å². The minimum absolute atomic E-state index is 0. The molecule has 0 saturated carbocycles. The molecule has 2 radical (unpaired) electrons. The molecule has 0 N–H and O–H groups in total. The molecule has 4 nitrogen and oxygen atoms in total. The van der Waals surface area contributed by atoms with E-state index in [1.54, 1.807) is 0 Å². The molecule has 4 aromatic carbocycles. The van der Waals surface area contributed by atoms with Crippen LogP contribution in [0, 0.1) is 0 Å². The molecule has 2 aliphatic rings. The normalized spacial score (nSPS) is 15.2. The number of para-hydroxylation sites is 4. The Morgan fingerprint density at radius 3 is 0.657 bits per heavy atom. The first-order valence-electron chi connectivity index (χ1n) is 25.1. The molecule has 67 heavy (non-hydrogen) atoms. The van der Waals surface area contributed by atoms with E-state index in [9.17, 15) is 0 Å². The van der Waals surface area contributed by atoms with Crippen LogP contribution in [0.1, 0.15) is 216 Å². The summed E-state index contributed by atoms with van der Waals surface area (Å²) in [4.78, 5) is 0. The molecule has 356 valence electrons. The van der Waals surface area contributed by atoms with Gasteiger partial charge in [0.2, 0.25) is 0 Å². The third kappa shape index (κ3) is 11.4. The fourth-order valence-electron chi connectivity index (χ4n) is 10.2. The first kappa shape index (κ1) is 55.7. The Hall–Kier alpha value is -3.90. The van der Waals surface area contributed by atoms with E-state index in [0.29, 0.717) is 47.3 Å². The van der Waals surface area contributed by atoms with E-state index in [2.05, 4.69) is 254 Å². The van der Waals surface area contributed by atoms with Crippen molar-refractivity contribution in [1.82, 2.24) is 0 Å². The maximum atomic E-state index is 4.57. The van der Waals surface area contributed by atoms with Gasteiger partial charge in [-0.1, -0.05) is 197 Å². The van der Waals surface area contributed by atoms with Crippen molar-refractivity contribution in [3.63, 3.8) is 0 Å². The van der Waals surface area contributed by atoms with Gasteiger partial charge in [-0.25, -0.2) is 0 Å². The van der Waals surface area contributed by atoms with Gasteiger partial charge < -0.3 is 18.3 Å². The summed E-state index contributed by atoms with van der Waals surface area (Å²) in [5.41, 5.74) is 21.8. The molecule has 6 rings (SSSR count). The van der Waals surface area contributed by atoms with E-state index < -0.39 is 18.2 Å². The van der Waals surface area contributed by atoms with Crippen LogP contribution in [0.4, 0.5) is 22.7 Å². The van der Waals surface area contributed by atoms with Crippen LogP contribution in [0.5, 0.6) is 0 Å². The number of hydrogen-bond donors (Lipinski definition) is 0. The molecule has 0 aromatic heterocycles. The van der Waals surface area contributed by atoms with Crippen molar-refractivity contribution in [2.45, 2.75) is 185 Å². The molecule has 0 saturated heterocycles. The zero-order valence-electron chi connectivity index (χ0n) is 45.6. The SMILES string of the molecule is C=C1C=C(C)N(c2c(C(C)C)cccc2C(C)C)[Si](C)N1c1c(C(C)C)cccc1C(C)C.C=C1C=C(C)N(c2c(C(C)C)cccc2C(C)C)[Si](C)N1c1c(C(C)C)cccc1C(C)C.[Zn]. The second-order valence-corrected chi connectivity index (χ2v) is 25.3. The number of rotatable bonds is 12. The molecule has 0 fully saturated rings. The molecule has 0 unspecified atom stereocenters. The van der Waals surface area contributed by atoms with Crippen LogP contribution >= 0.6 is 0 Å². The van der Waals surface area contributed by atoms with E-state index >= 15 is 0 Å². The van der Waals surface area contributed by atoms with Gasteiger partial charge >= 0.3 is 18.2 Å². The van der Waals surface area contributed by atoms with Gasteiger partial charge in [0.25, 0.3) is 0 Å². The van der Waals surface area contributed by atoms with Crippen molar-refractivity contribution in [3.05, 3.63) is 165 Å². The Kier molecular flexibility index (Phi) is 19.2. The van der Waals surface area contributed by atoms with Gasteiger partial charge in [-0.3, -0.25) is 0 Å². The van der Waals surface area contributed by atoms with Gasteiger partial charge in [-0.15, -0.1) is 0 Å². The van der Waals surface area contributed by atoms with E-state index in [1.807, 2.05) is 0 Å². The first-order chi connectivity index (χ1) is 30.9. The van der Waals surface area contributed by atoms with Crippen LogP contribution in [-0.2, 0) is 19.5 Å². The molecule has 2 aliphatic heterocycles. The molecular weight excluding hydrogens is 898 g/mol. The van der Waals surface area contributed by atoms with E-state index in [4.69, 9.17) is 0 Å². The van der Waals surface area contributed by atoms with Crippen molar-refractivity contribution in [2.24, 2.45) is 0 Å². The molecule has 0 spiro atoms. The van der Waals surface area contributed by atoms with Crippen LogP contribution in [0.25, 0.3) is 0 Å². The van der Waals surface area contributed by atoms with Crippen molar-refractivity contribution >= 4 is 41.0 Å². The first-order valence-corrected chi connectivity index (χ1v) is 28.9. The number of allylic oxidation sites excluding steroid dienone is 4. The number of nitrogens with zero attached hydrogens (tertiary/aromatic N) is 4. The van der Waals surface area contributed by atoms with Gasteiger partial charge in [0.05, 0.1) is 0 Å². The Labute approximate surface area is 426 Å². The topological polar surface area (TPSA) is 13.0 Å². The summed E-state index contributed by atoms with van der Waals surface area (Å²) in [5, 5.41) is 0. The van der Waals surface area contributed by atoms with E-state index in [0.717, 1.165) is 11.4 Å². The molecule has 2 heterocycles. The molecule has 0 atom stereocenters. The van der Waals surface area contributed by atoms with Crippen molar-refractivity contribution in [1.29, 1.82) is 0 Å². The van der Waals surface area contributed by atoms with Crippen molar-refractivity contribution in [3.8, 4) is 0 Å². The molecule has 0 bridgehead atoms. The third-order valence-corrected chi connectivity index (χ3v) is 18.4. The smallest absolute Gasteiger partial charge is 0.304 e. The van der Waals surface area contributed by atoms with Crippen LogP contribution in [0.2, 0.25) is 13.1 Å². The predicted molar refractivity (Wildman–Crippen MR) is 297 cm³/mol. The van der Waals surface area contributed by atoms with Gasteiger partial charge in [0, 0.05) is 65.0 Å². The Bertz CT molecular complexity index is 2160. The zero-order valence-corrected chi connectivity index (χ0v) is 50.6. The summed E-state index contributed by atoms with van der Waals surface area (Å²) in [6, 6.07) is 27.5. The van der Waals surface area contributed by atoms with Gasteiger partial charge in [-0.05, 0) is 131 Å². The van der Waals surface area contributed by atoms with Gasteiger partial charge in [0.15, 0.2) is 0 Å². The standard InChI is InChI=1S/2C30H43N2Si.Zn/c2*1-19(2)25-14-12-15-26(20(3)4)29(25)31-23(9)18-24(10)32(33(31)11)30-27(21(5)6)16-13-17-28(30)22(7)8;/h2*12-22H,9H2,1-8,10-11H3;. The summed E-state index contributed by atoms with van der Waals surface area (Å²) in [6.07, 6.45) is 4.58. The van der Waals surface area contributed by atoms with Crippen LogP contribution < -0.4 is 18.3 Å². The van der Waals surface area contributed by atoms with E-state index in [1.165, 1.54) is 78.7 Å². The Morgan fingerprint density at radius 2 is 0.493 bits per heavy atom. The van der Waals surface area contributed by atoms with E-state index in [-0.39, 0.29) is 19.5 Å². The maximum absolute atomic E-state index is 4.57. The minimum atomic E-state index is -1.19. The molecular formula is C60H86N4Si2Zn. The summed E-state index contributed by atoms with van der Waals surface area (Å²) in [7, 11) is -2.39. The zero-order chi connectivity index (χ0) is 49.2. The maximum Gasteiger partial charge on any atom is 0.304 e. The summed E-state index contributed by atoms with van der Waals surface area (Å²) < 4.78 is 10.5. The Balaban J connectivity index is 0.000000288. The molecule has 7 heteroatoms. The number of anilines is 4.